The van der Waals surface area contributed by atoms with Crippen molar-refractivity contribution in [3.8, 4) is 0 Å². The summed E-state index contributed by atoms with van der Waals surface area (Å²) < 4.78 is 0. The van der Waals surface area contributed by atoms with Crippen molar-refractivity contribution in [1.82, 2.24) is 10.6 Å². The van der Waals surface area contributed by atoms with Crippen molar-refractivity contribution in [2.24, 2.45) is 0 Å². The summed E-state index contributed by atoms with van der Waals surface area (Å²) in [6.07, 6.45) is 5.43. The maximum atomic E-state index is 12.1. The van der Waals surface area contributed by atoms with Crippen molar-refractivity contribution in [3.63, 3.8) is 0 Å². The molecule has 0 aromatic carbocycles. The lowest BCUT2D eigenvalue weighted by Gasteiger charge is -2.36. The number of rotatable bonds is 6. The van der Waals surface area contributed by atoms with E-state index in [0.717, 1.165) is 38.5 Å². The molecule has 106 valence electrons. The molecule has 6 heteroatoms. The number of carboxylic acids is 1. The first-order chi connectivity index (χ1) is 8.10. The second kappa shape index (κ2) is 8.32. The van der Waals surface area contributed by atoms with Crippen molar-refractivity contribution in [3.05, 3.63) is 0 Å². The molecule has 0 radical (unpaired) electrons. The fourth-order valence-electron chi connectivity index (χ4n) is 2.29. The minimum Gasteiger partial charge on any atom is -0.480 e. The summed E-state index contributed by atoms with van der Waals surface area (Å²) >= 11 is 0. The highest BCUT2D eigenvalue weighted by molar-refractivity contribution is 5.87. The van der Waals surface area contributed by atoms with Gasteiger partial charge in [-0.05, 0) is 19.3 Å². The minimum atomic E-state index is -0.918. The van der Waals surface area contributed by atoms with Crippen LogP contribution in [0.3, 0.4) is 0 Å². The third-order valence-electron chi connectivity index (χ3n) is 3.26. The molecule has 1 rings (SSSR count). The van der Waals surface area contributed by atoms with E-state index in [2.05, 4.69) is 10.6 Å². The van der Waals surface area contributed by atoms with Crippen LogP contribution in [0.25, 0.3) is 0 Å². The van der Waals surface area contributed by atoms with Gasteiger partial charge < -0.3 is 10.4 Å². The van der Waals surface area contributed by atoms with Crippen LogP contribution in [-0.2, 0) is 9.59 Å². The van der Waals surface area contributed by atoms with E-state index >= 15 is 0 Å². The van der Waals surface area contributed by atoms with E-state index in [1.807, 2.05) is 6.92 Å². The zero-order valence-corrected chi connectivity index (χ0v) is 11.6. The number of hydrogen-bond donors (Lipinski definition) is 3. The number of nitrogens with one attached hydrogen (secondary N) is 2. The monoisotopic (exact) mass is 278 g/mol. The lowest BCUT2D eigenvalue weighted by molar-refractivity contribution is -0.137. The first kappa shape index (κ1) is 17.2. The van der Waals surface area contributed by atoms with Gasteiger partial charge in [-0.1, -0.05) is 26.2 Å². The number of halogens is 1. The van der Waals surface area contributed by atoms with Gasteiger partial charge in [0.2, 0.25) is 5.91 Å². The molecule has 1 aliphatic rings. The summed E-state index contributed by atoms with van der Waals surface area (Å²) in [6, 6.07) is 0. The number of amides is 1. The molecule has 0 saturated heterocycles. The quantitative estimate of drug-likeness (QED) is 0.685. The van der Waals surface area contributed by atoms with Crippen molar-refractivity contribution in [2.75, 3.05) is 13.1 Å². The van der Waals surface area contributed by atoms with Crippen molar-refractivity contribution in [2.45, 2.75) is 51.0 Å². The topological polar surface area (TPSA) is 78.4 Å². The smallest absolute Gasteiger partial charge is 0.317 e. The van der Waals surface area contributed by atoms with Crippen LogP contribution in [0.2, 0.25) is 0 Å². The third-order valence-corrected chi connectivity index (χ3v) is 3.26. The highest BCUT2D eigenvalue weighted by atomic mass is 35.5. The number of carbonyl (C=O) groups is 2. The number of carboxylic acid groups (broad SMARTS) is 1. The van der Waals surface area contributed by atoms with Gasteiger partial charge >= 0.3 is 5.97 Å². The highest BCUT2D eigenvalue weighted by Crippen LogP contribution is 2.28. The molecular formula is C12H23ClN2O3. The Kier molecular flexibility index (Phi) is 7.95. The molecule has 0 unspecified atom stereocenters. The van der Waals surface area contributed by atoms with Gasteiger partial charge in [-0.25, -0.2) is 0 Å². The van der Waals surface area contributed by atoms with Crippen LogP contribution in [-0.4, -0.2) is 35.6 Å². The Hall–Kier alpha value is -0.810. The molecule has 0 atom stereocenters. The van der Waals surface area contributed by atoms with Crippen LogP contribution < -0.4 is 10.6 Å². The molecule has 0 spiro atoms. The van der Waals surface area contributed by atoms with E-state index in [-0.39, 0.29) is 24.9 Å². The van der Waals surface area contributed by atoms with Crippen LogP contribution >= 0.6 is 12.4 Å². The fraction of sp³-hybridized carbons (Fsp3) is 0.833. The van der Waals surface area contributed by atoms with E-state index in [1.165, 1.54) is 0 Å². The molecule has 0 aromatic heterocycles. The Labute approximate surface area is 114 Å². The Morgan fingerprint density at radius 3 is 2.33 bits per heavy atom. The standard InChI is InChI=1S/C12H22N2O3.ClH/c1-2-8-13-11(17)12(14-9-10(15)16)6-4-3-5-7-12;/h14H,2-9H2,1H3,(H,13,17)(H,15,16);1H. The molecule has 0 bridgehead atoms. The Morgan fingerprint density at radius 1 is 1.22 bits per heavy atom. The Balaban J connectivity index is 0.00000289. The molecule has 0 aromatic rings. The summed E-state index contributed by atoms with van der Waals surface area (Å²) in [7, 11) is 0. The lowest BCUT2D eigenvalue weighted by Crippen LogP contribution is -2.59. The summed E-state index contributed by atoms with van der Waals surface area (Å²) in [5, 5.41) is 14.5. The van der Waals surface area contributed by atoms with E-state index in [0.29, 0.717) is 6.54 Å². The van der Waals surface area contributed by atoms with Gasteiger partial charge in [-0.2, -0.15) is 0 Å². The van der Waals surface area contributed by atoms with Crippen LogP contribution in [0.4, 0.5) is 0 Å². The molecule has 0 heterocycles. The zero-order valence-electron chi connectivity index (χ0n) is 10.8. The fourth-order valence-corrected chi connectivity index (χ4v) is 2.29. The van der Waals surface area contributed by atoms with Crippen molar-refractivity contribution < 1.29 is 14.7 Å². The van der Waals surface area contributed by atoms with Crippen LogP contribution in [0, 0.1) is 0 Å². The molecule has 0 aliphatic heterocycles. The maximum Gasteiger partial charge on any atom is 0.317 e. The molecule has 18 heavy (non-hydrogen) atoms. The largest absolute Gasteiger partial charge is 0.480 e. The Bertz CT molecular complexity index is 278. The van der Waals surface area contributed by atoms with Gasteiger partial charge in [-0.3, -0.25) is 14.9 Å². The Morgan fingerprint density at radius 2 is 1.83 bits per heavy atom. The maximum absolute atomic E-state index is 12.1. The second-order valence-corrected chi connectivity index (χ2v) is 4.65. The first-order valence-corrected chi connectivity index (χ1v) is 6.36. The average molecular weight is 279 g/mol. The zero-order chi connectivity index (χ0) is 12.7. The molecule has 1 fully saturated rings. The van der Waals surface area contributed by atoms with E-state index < -0.39 is 11.5 Å². The van der Waals surface area contributed by atoms with Crippen LogP contribution in [0.15, 0.2) is 0 Å². The molecule has 1 aliphatic carbocycles. The van der Waals surface area contributed by atoms with Gasteiger partial charge in [0.25, 0.3) is 0 Å². The molecule has 3 N–H and O–H groups in total. The molecular weight excluding hydrogens is 256 g/mol. The first-order valence-electron chi connectivity index (χ1n) is 6.36. The van der Waals surface area contributed by atoms with Crippen LogP contribution in [0.5, 0.6) is 0 Å². The average Bonchev–Trinajstić information content (AvgIpc) is 2.34. The normalized spacial score (nSPS) is 17.6. The predicted molar refractivity (Wildman–Crippen MR) is 72.0 cm³/mol. The highest BCUT2D eigenvalue weighted by Gasteiger charge is 2.39. The van der Waals surface area contributed by atoms with E-state index in [4.69, 9.17) is 5.11 Å². The molecule has 1 saturated carbocycles. The number of aliphatic carboxylic acids is 1. The molecule has 5 nitrogen and oxygen atoms in total. The van der Waals surface area contributed by atoms with Gasteiger partial charge in [-0.15, -0.1) is 12.4 Å². The van der Waals surface area contributed by atoms with Crippen molar-refractivity contribution in [1.29, 1.82) is 0 Å². The molecule has 1 amide bonds. The third kappa shape index (κ3) is 4.82. The predicted octanol–water partition coefficient (Wildman–Crippen LogP) is 1.31. The van der Waals surface area contributed by atoms with Crippen molar-refractivity contribution >= 4 is 24.3 Å². The number of hydrogen-bond acceptors (Lipinski definition) is 3. The van der Waals surface area contributed by atoms with Gasteiger partial charge in [0.05, 0.1) is 12.1 Å². The summed E-state index contributed by atoms with van der Waals surface area (Å²) in [5.74, 6) is -0.960. The summed E-state index contributed by atoms with van der Waals surface area (Å²) in [5.41, 5.74) is -0.661. The SMILES string of the molecule is CCCNC(=O)C1(NCC(=O)O)CCCCC1.Cl. The summed E-state index contributed by atoms with van der Waals surface area (Å²) in [4.78, 5) is 22.8. The lowest BCUT2D eigenvalue weighted by atomic mass is 9.80. The minimum absolute atomic E-state index is 0. The van der Waals surface area contributed by atoms with Gasteiger partial charge in [0, 0.05) is 6.54 Å². The summed E-state index contributed by atoms with van der Waals surface area (Å²) in [6.45, 7) is 2.49. The second-order valence-electron chi connectivity index (χ2n) is 4.65. The van der Waals surface area contributed by atoms with Crippen LogP contribution in [0.1, 0.15) is 45.4 Å². The van der Waals surface area contributed by atoms with E-state index in [1.54, 1.807) is 0 Å². The number of carbonyl (C=O) groups excluding carboxylic acids is 1. The van der Waals surface area contributed by atoms with E-state index in [9.17, 15) is 9.59 Å². The van der Waals surface area contributed by atoms with Gasteiger partial charge in [0.15, 0.2) is 0 Å². The van der Waals surface area contributed by atoms with Gasteiger partial charge in [0.1, 0.15) is 0 Å².